The molecule has 0 aromatic heterocycles. The van der Waals surface area contributed by atoms with E-state index < -0.39 is 8.32 Å². The second-order valence-electron chi connectivity index (χ2n) is 6.53. The van der Waals surface area contributed by atoms with E-state index in [1.807, 2.05) is 0 Å². The maximum atomic E-state index is 6.27. The zero-order chi connectivity index (χ0) is 14.0. The average molecular weight is 329 g/mol. The van der Waals surface area contributed by atoms with Gasteiger partial charge in [0.25, 0.3) is 0 Å². The van der Waals surface area contributed by atoms with Gasteiger partial charge < -0.3 is 4.43 Å². The molecule has 0 radical (unpaired) electrons. The minimum Gasteiger partial charge on any atom is -0.416 e. The Hall–Kier alpha value is -0.123. The van der Waals surface area contributed by atoms with Crippen LogP contribution < -0.4 is 0 Å². The molecular formula is C15H25BrOSi. The summed E-state index contributed by atoms with van der Waals surface area (Å²) in [6.45, 7) is 14.5. The Balaban J connectivity index is 2.64. The Labute approximate surface area is 121 Å². The summed E-state index contributed by atoms with van der Waals surface area (Å²) in [7, 11) is -1.63. The van der Waals surface area contributed by atoms with Gasteiger partial charge in [0.05, 0.1) is 0 Å². The van der Waals surface area contributed by atoms with Gasteiger partial charge in [-0.25, -0.2) is 0 Å². The van der Waals surface area contributed by atoms with Crippen molar-refractivity contribution in [3.63, 3.8) is 0 Å². The molecule has 1 rings (SSSR count). The van der Waals surface area contributed by atoms with Crippen LogP contribution in [0.15, 0.2) is 28.7 Å². The molecule has 1 aromatic rings. The van der Waals surface area contributed by atoms with Gasteiger partial charge in [0.15, 0.2) is 8.32 Å². The van der Waals surface area contributed by atoms with Crippen molar-refractivity contribution in [2.24, 2.45) is 0 Å². The number of halogens is 1. The molecule has 0 saturated carbocycles. The van der Waals surface area contributed by atoms with E-state index >= 15 is 0 Å². The van der Waals surface area contributed by atoms with Crippen LogP contribution in [0.25, 0.3) is 0 Å². The number of rotatable bonds is 4. The zero-order valence-electron chi connectivity index (χ0n) is 12.4. The highest BCUT2D eigenvalue weighted by molar-refractivity contribution is 9.10. The molecule has 0 unspecified atom stereocenters. The van der Waals surface area contributed by atoms with Gasteiger partial charge >= 0.3 is 0 Å². The summed E-state index contributed by atoms with van der Waals surface area (Å²) in [6, 6.07) is 8.50. The SMILES string of the molecule is C[C@@H](CO[Si](C)(C)C(C)(C)C)c1cccc(Br)c1. The van der Waals surface area contributed by atoms with Crippen LogP contribution in [0.1, 0.15) is 39.2 Å². The highest BCUT2D eigenvalue weighted by Gasteiger charge is 2.37. The topological polar surface area (TPSA) is 9.23 Å². The van der Waals surface area contributed by atoms with Crippen molar-refractivity contribution in [1.29, 1.82) is 0 Å². The van der Waals surface area contributed by atoms with E-state index in [9.17, 15) is 0 Å². The molecule has 18 heavy (non-hydrogen) atoms. The van der Waals surface area contributed by atoms with Crippen LogP contribution in [-0.2, 0) is 4.43 Å². The highest BCUT2D eigenvalue weighted by Crippen LogP contribution is 2.37. The van der Waals surface area contributed by atoms with Crippen molar-refractivity contribution < 1.29 is 4.43 Å². The highest BCUT2D eigenvalue weighted by atomic mass is 79.9. The van der Waals surface area contributed by atoms with Gasteiger partial charge in [-0.2, -0.15) is 0 Å². The summed E-state index contributed by atoms with van der Waals surface area (Å²) in [6.07, 6.45) is 0. The van der Waals surface area contributed by atoms with Crippen molar-refractivity contribution in [2.75, 3.05) is 6.61 Å². The largest absolute Gasteiger partial charge is 0.416 e. The molecule has 0 bridgehead atoms. The fourth-order valence-corrected chi connectivity index (χ4v) is 2.98. The number of hydrogen-bond acceptors (Lipinski definition) is 1. The summed E-state index contributed by atoms with van der Waals surface area (Å²) in [4.78, 5) is 0. The summed E-state index contributed by atoms with van der Waals surface area (Å²) in [5.74, 6) is 0.441. The lowest BCUT2D eigenvalue weighted by molar-refractivity contribution is 0.269. The van der Waals surface area contributed by atoms with Gasteiger partial charge in [0, 0.05) is 17.0 Å². The first-order valence-electron chi connectivity index (χ1n) is 6.53. The van der Waals surface area contributed by atoms with Gasteiger partial charge in [-0.3, -0.25) is 0 Å². The second-order valence-corrected chi connectivity index (χ2v) is 12.3. The molecule has 0 saturated heterocycles. The van der Waals surface area contributed by atoms with Crippen LogP contribution in [0, 0.1) is 0 Å². The molecule has 0 fully saturated rings. The van der Waals surface area contributed by atoms with E-state index in [0.717, 1.165) is 11.1 Å². The quantitative estimate of drug-likeness (QED) is 0.656. The van der Waals surface area contributed by atoms with Gasteiger partial charge in [-0.15, -0.1) is 0 Å². The van der Waals surface area contributed by atoms with Crippen LogP contribution in [-0.4, -0.2) is 14.9 Å². The van der Waals surface area contributed by atoms with Crippen molar-refractivity contribution >= 4 is 24.2 Å². The molecule has 3 heteroatoms. The van der Waals surface area contributed by atoms with Gasteiger partial charge in [0.1, 0.15) is 0 Å². The Morgan fingerprint density at radius 3 is 2.39 bits per heavy atom. The second kappa shape index (κ2) is 5.89. The molecule has 0 aliphatic heterocycles. The smallest absolute Gasteiger partial charge is 0.192 e. The third-order valence-corrected chi connectivity index (χ3v) is 8.91. The summed E-state index contributed by atoms with van der Waals surface area (Å²) >= 11 is 3.52. The van der Waals surface area contributed by atoms with Gasteiger partial charge in [0.2, 0.25) is 0 Å². The molecule has 0 heterocycles. The molecule has 0 aliphatic rings. The van der Waals surface area contributed by atoms with Crippen LogP contribution in [0.2, 0.25) is 18.1 Å². The van der Waals surface area contributed by atoms with Crippen LogP contribution in [0.4, 0.5) is 0 Å². The molecule has 0 N–H and O–H groups in total. The first-order chi connectivity index (χ1) is 8.13. The Morgan fingerprint density at radius 1 is 1.28 bits per heavy atom. The standard InChI is InChI=1S/C15H25BrOSi/c1-12(13-8-7-9-14(16)10-13)11-17-18(5,6)15(2,3)4/h7-10,12H,11H2,1-6H3/t12-/m0/s1. The van der Waals surface area contributed by atoms with E-state index in [4.69, 9.17) is 4.43 Å². The third kappa shape index (κ3) is 4.21. The van der Waals surface area contributed by atoms with Crippen molar-refractivity contribution in [1.82, 2.24) is 0 Å². The molecule has 0 spiro atoms. The molecule has 0 aliphatic carbocycles. The fraction of sp³-hybridized carbons (Fsp3) is 0.600. The lowest BCUT2D eigenvalue weighted by Crippen LogP contribution is -2.41. The van der Waals surface area contributed by atoms with Gasteiger partial charge in [-0.05, 0) is 35.8 Å². The van der Waals surface area contributed by atoms with Crippen molar-refractivity contribution in [3.8, 4) is 0 Å². The van der Waals surface area contributed by atoms with Crippen LogP contribution in [0.5, 0.6) is 0 Å². The summed E-state index contributed by atoms with van der Waals surface area (Å²) in [5, 5.41) is 0.282. The first-order valence-corrected chi connectivity index (χ1v) is 10.2. The average Bonchev–Trinajstić information content (AvgIpc) is 2.24. The number of hydrogen-bond donors (Lipinski definition) is 0. The maximum absolute atomic E-state index is 6.27. The molecular weight excluding hydrogens is 304 g/mol. The van der Waals surface area contributed by atoms with Crippen LogP contribution in [0.3, 0.4) is 0 Å². The molecule has 1 nitrogen and oxygen atoms in total. The van der Waals surface area contributed by atoms with E-state index in [1.54, 1.807) is 0 Å². The Kier molecular flexibility index (Phi) is 5.21. The monoisotopic (exact) mass is 328 g/mol. The van der Waals surface area contributed by atoms with E-state index in [2.05, 4.69) is 81.0 Å². The fourth-order valence-electron chi connectivity index (χ4n) is 1.46. The normalized spacial score (nSPS) is 14.6. The lowest BCUT2D eigenvalue weighted by Gasteiger charge is -2.37. The van der Waals surface area contributed by atoms with Gasteiger partial charge in [-0.1, -0.05) is 55.8 Å². The van der Waals surface area contributed by atoms with Crippen molar-refractivity contribution in [3.05, 3.63) is 34.3 Å². The molecule has 102 valence electrons. The molecule has 1 atom stereocenters. The minimum atomic E-state index is -1.63. The van der Waals surface area contributed by atoms with E-state index in [1.165, 1.54) is 5.56 Å². The molecule has 1 aromatic carbocycles. The summed E-state index contributed by atoms with van der Waals surface area (Å²) in [5.41, 5.74) is 1.34. The number of benzene rings is 1. The Bertz CT molecular complexity index is 396. The predicted octanol–water partition coefficient (Wildman–Crippen LogP) is 5.57. The summed E-state index contributed by atoms with van der Waals surface area (Å²) < 4.78 is 7.41. The van der Waals surface area contributed by atoms with E-state index in [-0.39, 0.29) is 5.04 Å². The first kappa shape index (κ1) is 15.9. The maximum Gasteiger partial charge on any atom is 0.192 e. The zero-order valence-corrected chi connectivity index (χ0v) is 15.0. The minimum absolute atomic E-state index is 0.282. The third-order valence-electron chi connectivity index (χ3n) is 3.92. The van der Waals surface area contributed by atoms with E-state index in [0.29, 0.717) is 5.92 Å². The Morgan fingerprint density at radius 2 is 1.89 bits per heavy atom. The van der Waals surface area contributed by atoms with Crippen molar-refractivity contribution in [2.45, 2.75) is 51.7 Å². The van der Waals surface area contributed by atoms with Crippen LogP contribution >= 0.6 is 15.9 Å². The lowest BCUT2D eigenvalue weighted by atomic mass is 10.0. The predicted molar refractivity (Wildman–Crippen MR) is 85.7 cm³/mol. The molecule has 0 amide bonds.